The zero-order valence-corrected chi connectivity index (χ0v) is 20.1. The van der Waals surface area contributed by atoms with Crippen LogP contribution >= 0.6 is 22.6 Å². The van der Waals surface area contributed by atoms with Gasteiger partial charge in [-0.15, -0.1) is 0 Å². The number of anilines is 2. The van der Waals surface area contributed by atoms with E-state index in [1.54, 1.807) is 0 Å². The smallest absolute Gasteiger partial charge is 0.312 e. The van der Waals surface area contributed by atoms with Crippen LogP contribution in [-0.4, -0.2) is 52.8 Å². The maximum atomic E-state index is 13.9. The van der Waals surface area contributed by atoms with E-state index in [0.717, 1.165) is 46.0 Å². The highest BCUT2D eigenvalue weighted by atomic mass is 127. The van der Waals surface area contributed by atoms with Gasteiger partial charge in [0.1, 0.15) is 18.2 Å². The molecule has 0 fully saturated rings. The minimum absolute atomic E-state index is 0.0581. The van der Waals surface area contributed by atoms with E-state index in [1.807, 2.05) is 4.57 Å². The van der Waals surface area contributed by atoms with Crippen LogP contribution in [0.2, 0.25) is 0 Å². The van der Waals surface area contributed by atoms with Gasteiger partial charge in [0.05, 0.1) is 12.2 Å². The summed E-state index contributed by atoms with van der Waals surface area (Å²) in [4.78, 5) is 14.5. The predicted molar refractivity (Wildman–Crippen MR) is 128 cm³/mol. The van der Waals surface area contributed by atoms with Gasteiger partial charge >= 0.3 is 6.08 Å². The first-order chi connectivity index (χ1) is 14.8. The number of hydrogen-bond acceptors (Lipinski definition) is 7. The van der Waals surface area contributed by atoms with Gasteiger partial charge in [-0.1, -0.05) is 13.8 Å². The van der Waals surface area contributed by atoms with Crippen LogP contribution < -0.4 is 20.7 Å². The quantitative estimate of drug-likeness (QED) is 0.271. The van der Waals surface area contributed by atoms with E-state index in [-0.39, 0.29) is 5.82 Å². The molecule has 1 aromatic carbocycles. The van der Waals surface area contributed by atoms with Gasteiger partial charge in [-0.2, -0.15) is 14.4 Å². The number of nitrogens with two attached hydrogens (primary N) is 1. The fourth-order valence-electron chi connectivity index (χ4n) is 3.71. The Labute approximate surface area is 194 Å². The van der Waals surface area contributed by atoms with Gasteiger partial charge in [0, 0.05) is 30.1 Å². The third kappa shape index (κ3) is 4.69. The minimum atomic E-state index is -0.840. The zero-order chi connectivity index (χ0) is 22.1. The number of hydrogen-bond donors (Lipinski definition) is 2. The molecule has 0 atom stereocenters. The number of ether oxygens (including phenoxy) is 1. The van der Waals surface area contributed by atoms with Crippen molar-refractivity contribution in [2.45, 2.75) is 26.8 Å². The average Bonchev–Trinajstić information content (AvgIpc) is 3.04. The first-order valence-corrected chi connectivity index (χ1v) is 11.5. The third-order valence-electron chi connectivity index (χ3n) is 5.31. The summed E-state index contributed by atoms with van der Waals surface area (Å²) in [6, 6.07) is 4.21. The second kappa shape index (κ2) is 9.11. The molecule has 8 nitrogen and oxygen atoms in total. The topological polar surface area (TPSA) is 94.1 Å². The third-order valence-corrected chi connectivity index (χ3v) is 6.31. The molecule has 3 aromatic rings. The molecule has 2 aromatic heterocycles. The van der Waals surface area contributed by atoms with Crippen LogP contribution in [0, 0.1) is 15.6 Å². The van der Waals surface area contributed by atoms with Crippen molar-refractivity contribution in [3.63, 3.8) is 0 Å². The molecule has 0 aliphatic carbocycles. The molecule has 3 heterocycles. The summed E-state index contributed by atoms with van der Waals surface area (Å²) < 4.78 is 22.9. The predicted octanol–water partition coefficient (Wildman–Crippen LogP) is 2.82. The molecule has 166 valence electrons. The van der Waals surface area contributed by atoms with Crippen molar-refractivity contribution in [3.05, 3.63) is 33.2 Å². The van der Waals surface area contributed by atoms with Crippen LogP contribution in [0.1, 0.15) is 25.2 Å². The van der Waals surface area contributed by atoms with Crippen LogP contribution in [0.25, 0.3) is 11.2 Å². The molecular formula is C21H27FIN7O. The van der Waals surface area contributed by atoms with E-state index in [2.05, 4.69) is 75.8 Å². The Hall–Kier alpha value is -2.21. The molecule has 0 saturated heterocycles. The van der Waals surface area contributed by atoms with Crippen LogP contribution in [0.4, 0.5) is 15.9 Å². The van der Waals surface area contributed by atoms with E-state index in [0.29, 0.717) is 36.7 Å². The lowest BCUT2D eigenvalue weighted by Crippen LogP contribution is -2.29. The normalized spacial score (nSPS) is 13.7. The van der Waals surface area contributed by atoms with Gasteiger partial charge in [-0.3, -0.25) is 0 Å². The van der Waals surface area contributed by atoms with Crippen molar-refractivity contribution in [3.8, 4) is 5.75 Å². The molecule has 0 unspecified atom stereocenters. The number of likely N-dealkylation sites (N-methyl/N-ethyl adjacent to an activating group) is 1. The van der Waals surface area contributed by atoms with Crippen molar-refractivity contribution in [2.24, 2.45) is 5.92 Å². The van der Waals surface area contributed by atoms with Crippen LogP contribution in [0.15, 0.2) is 12.1 Å². The Bertz CT molecular complexity index is 1100. The lowest BCUT2D eigenvalue weighted by atomic mass is 10.1. The number of fused-ring (bicyclic) bond motifs is 2. The minimum Gasteiger partial charge on any atom is -0.490 e. The van der Waals surface area contributed by atoms with Gasteiger partial charge < -0.3 is 25.3 Å². The molecule has 0 bridgehead atoms. The second-order valence-electron chi connectivity index (χ2n) is 8.19. The van der Waals surface area contributed by atoms with E-state index in [9.17, 15) is 4.39 Å². The van der Waals surface area contributed by atoms with E-state index in [4.69, 9.17) is 15.5 Å². The summed E-state index contributed by atoms with van der Waals surface area (Å²) in [5.41, 5.74) is 8.99. The molecule has 0 saturated carbocycles. The molecule has 0 radical (unpaired) electrons. The van der Waals surface area contributed by atoms with Crippen LogP contribution in [0.3, 0.4) is 0 Å². The fourth-order valence-corrected chi connectivity index (χ4v) is 4.35. The largest absolute Gasteiger partial charge is 0.490 e. The van der Waals surface area contributed by atoms with Crippen molar-refractivity contribution < 1.29 is 9.13 Å². The standard InChI is InChI=1S/C21H27FIN7O/c1-12(2)11-25-4-5-30-17(26-18-19(24)27-21(22)28-20(18)30)9-13-8-16-15(10-14(13)23)29(3)6-7-31-16/h8,10,12,25H,4-7,9,11H2,1-3H3,(H2,24,27,28). The first kappa shape index (κ1) is 22.0. The number of rotatable bonds is 7. The number of imidazole rings is 1. The summed E-state index contributed by atoms with van der Waals surface area (Å²) in [6.45, 7) is 8.07. The van der Waals surface area contributed by atoms with Gasteiger partial charge in [0.25, 0.3) is 0 Å². The van der Waals surface area contributed by atoms with E-state index in [1.165, 1.54) is 0 Å². The summed E-state index contributed by atoms with van der Waals surface area (Å²) in [5, 5.41) is 3.42. The summed E-state index contributed by atoms with van der Waals surface area (Å²) in [7, 11) is 2.07. The number of benzene rings is 1. The zero-order valence-electron chi connectivity index (χ0n) is 18.0. The van der Waals surface area contributed by atoms with Crippen molar-refractivity contribution in [2.75, 3.05) is 43.9 Å². The number of halogens is 2. The van der Waals surface area contributed by atoms with Gasteiger partial charge in [-0.05, 0) is 52.7 Å². The summed E-state index contributed by atoms with van der Waals surface area (Å²) in [6.07, 6.45) is -0.284. The molecule has 0 spiro atoms. The fraction of sp³-hybridized carbons (Fsp3) is 0.476. The molecule has 3 N–H and O–H groups in total. The maximum Gasteiger partial charge on any atom is 0.312 e. The van der Waals surface area contributed by atoms with Crippen molar-refractivity contribution in [1.82, 2.24) is 24.8 Å². The van der Waals surface area contributed by atoms with E-state index < -0.39 is 6.08 Å². The maximum absolute atomic E-state index is 13.9. The Morgan fingerprint density at radius 2 is 2.10 bits per heavy atom. The lowest BCUT2D eigenvalue weighted by Gasteiger charge is -2.28. The van der Waals surface area contributed by atoms with Crippen LogP contribution in [0.5, 0.6) is 5.75 Å². The highest BCUT2D eigenvalue weighted by Gasteiger charge is 2.21. The number of nitrogen functional groups attached to an aromatic ring is 1. The Kier molecular flexibility index (Phi) is 6.47. The summed E-state index contributed by atoms with van der Waals surface area (Å²) >= 11 is 2.34. The van der Waals surface area contributed by atoms with Crippen molar-refractivity contribution in [1.29, 1.82) is 0 Å². The molecule has 0 amide bonds. The molecule has 1 aliphatic rings. The number of nitrogens with zero attached hydrogens (tertiary/aromatic N) is 5. The average molecular weight is 539 g/mol. The van der Waals surface area contributed by atoms with E-state index >= 15 is 0 Å². The van der Waals surface area contributed by atoms with Gasteiger partial charge in [0.15, 0.2) is 17.0 Å². The highest BCUT2D eigenvalue weighted by Crippen LogP contribution is 2.35. The van der Waals surface area contributed by atoms with Crippen molar-refractivity contribution >= 4 is 45.3 Å². The molecule has 1 aliphatic heterocycles. The van der Waals surface area contributed by atoms with Gasteiger partial charge in [-0.25, -0.2) is 4.98 Å². The first-order valence-electron chi connectivity index (χ1n) is 10.4. The molecule has 31 heavy (non-hydrogen) atoms. The molecule has 10 heteroatoms. The molecule has 4 rings (SSSR count). The molecular weight excluding hydrogens is 512 g/mol. The number of aromatic nitrogens is 4. The number of nitrogens with one attached hydrogen (secondary N) is 1. The Morgan fingerprint density at radius 3 is 2.87 bits per heavy atom. The monoisotopic (exact) mass is 539 g/mol. The van der Waals surface area contributed by atoms with Gasteiger partial charge in [0.2, 0.25) is 0 Å². The summed E-state index contributed by atoms with van der Waals surface area (Å²) in [5.74, 6) is 2.25. The lowest BCUT2D eigenvalue weighted by molar-refractivity contribution is 0.311. The SMILES string of the molecule is CC(C)CNCCn1c(Cc2cc3c(cc2I)N(C)CCO3)nc2c(N)nc(F)nc21. The van der Waals surface area contributed by atoms with Crippen LogP contribution in [-0.2, 0) is 13.0 Å². The Balaban J connectivity index is 1.69. The highest BCUT2D eigenvalue weighted by molar-refractivity contribution is 14.1. The Morgan fingerprint density at radius 1 is 1.29 bits per heavy atom. The second-order valence-corrected chi connectivity index (χ2v) is 9.35.